The van der Waals surface area contributed by atoms with Crippen LogP contribution in [0.25, 0.3) is 0 Å². The summed E-state index contributed by atoms with van der Waals surface area (Å²) in [6.45, 7) is 4.78. The Bertz CT molecular complexity index is 708. The topological polar surface area (TPSA) is 65.5 Å². The highest BCUT2D eigenvalue weighted by Gasteiger charge is 2.22. The van der Waals surface area contributed by atoms with Crippen LogP contribution in [0, 0.1) is 6.92 Å². The number of pyridine rings is 1. The molecule has 1 fully saturated rings. The Morgan fingerprint density at radius 2 is 1.96 bits per heavy atom. The number of rotatable bonds is 4. The predicted octanol–water partition coefficient (Wildman–Crippen LogP) is 1.53. The highest BCUT2D eigenvalue weighted by molar-refractivity contribution is 7.13. The van der Waals surface area contributed by atoms with E-state index >= 15 is 0 Å². The molecule has 1 N–H and O–H groups in total. The number of carbonyl (C=O) groups is 2. The van der Waals surface area contributed by atoms with Crippen molar-refractivity contribution >= 4 is 29.0 Å². The molecule has 2 aromatic rings. The number of anilines is 1. The lowest BCUT2D eigenvalue weighted by Crippen LogP contribution is -2.51. The highest BCUT2D eigenvalue weighted by atomic mass is 32.1. The second kappa shape index (κ2) is 7.44. The number of hydrogen-bond acceptors (Lipinski definition) is 5. The maximum Gasteiger partial charge on any atom is 0.261 e. The summed E-state index contributed by atoms with van der Waals surface area (Å²) in [6.07, 6.45) is 1.77. The third kappa shape index (κ3) is 3.91. The Labute approximate surface area is 145 Å². The predicted molar refractivity (Wildman–Crippen MR) is 94.4 cm³/mol. The van der Waals surface area contributed by atoms with E-state index in [0.29, 0.717) is 18.0 Å². The van der Waals surface area contributed by atoms with E-state index in [2.05, 4.69) is 15.2 Å². The molecule has 2 amide bonds. The summed E-state index contributed by atoms with van der Waals surface area (Å²) in [5.41, 5.74) is 0. The van der Waals surface area contributed by atoms with Gasteiger partial charge in [-0.15, -0.1) is 11.3 Å². The average Bonchev–Trinajstić information content (AvgIpc) is 3.07. The van der Waals surface area contributed by atoms with Crippen LogP contribution < -0.4 is 10.2 Å². The van der Waals surface area contributed by atoms with E-state index in [1.54, 1.807) is 17.2 Å². The van der Waals surface area contributed by atoms with Crippen molar-refractivity contribution in [1.29, 1.82) is 0 Å². The Kier molecular flexibility index (Phi) is 5.10. The van der Waals surface area contributed by atoms with Gasteiger partial charge in [-0.3, -0.25) is 9.59 Å². The number of amides is 2. The lowest BCUT2D eigenvalue weighted by Gasteiger charge is -2.35. The molecule has 0 atom stereocenters. The van der Waals surface area contributed by atoms with Gasteiger partial charge in [-0.25, -0.2) is 4.98 Å². The second-order valence-electron chi connectivity index (χ2n) is 5.65. The third-order valence-electron chi connectivity index (χ3n) is 3.97. The van der Waals surface area contributed by atoms with Gasteiger partial charge in [0.25, 0.3) is 5.91 Å². The molecule has 126 valence electrons. The van der Waals surface area contributed by atoms with Crippen LogP contribution >= 0.6 is 11.3 Å². The first-order valence-electron chi connectivity index (χ1n) is 7.92. The molecule has 3 heterocycles. The molecule has 0 unspecified atom stereocenters. The van der Waals surface area contributed by atoms with Gasteiger partial charge in [-0.05, 0) is 31.2 Å². The maximum atomic E-state index is 12.3. The molecule has 0 aromatic carbocycles. The van der Waals surface area contributed by atoms with Crippen molar-refractivity contribution in [1.82, 2.24) is 15.2 Å². The SMILES string of the molecule is Cc1ccc(C(=O)NCC(=O)N2CCN(c3ccccn3)CC2)s1. The molecule has 0 bridgehead atoms. The summed E-state index contributed by atoms with van der Waals surface area (Å²) in [6, 6.07) is 9.51. The van der Waals surface area contributed by atoms with Gasteiger partial charge in [0, 0.05) is 37.3 Å². The number of thiophene rings is 1. The van der Waals surface area contributed by atoms with E-state index in [0.717, 1.165) is 23.8 Å². The summed E-state index contributed by atoms with van der Waals surface area (Å²) in [5, 5.41) is 2.71. The fourth-order valence-corrected chi connectivity index (χ4v) is 3.42. The van der Waals surface area contributed by atoms with E-state index in [-0.39, 0.29) is 18.4 Å². The normalized spacial score (nSPS) is 14.5. The van der Waals surface area contributed by atoms with E-state index in [9.17, 15) is 9.59 Å². The molecule has 6 nitrogen and oxygen atoms in total. The largest absolute Gasteiger partial charge is 0.353 e. The first-order chi connectivity index (χ1) is 11.6. The fraction of sp³-hybridized carbons (Fsp3) is 0.353. The molecule has 3 rings (SSSR count). The quantitative estimate of drug-likeness (QED) is 0.913. The first kappa shape index (κ1) is 16.4. The number of hydrogen-bond donors (Lipinski definition) is 1. The minimum Gasteiger partial charge on any atom is -0.353 e. The standard InChI is InChI=1S/C17H20N4O2S/c1-13-5-6-14(24-13)17(23)19-12-16(22)21-10-8-20(9-11-21)15-4-2-3-7-18-15/h2-7H,8-12H2,1H3,(H,19,23). The zero-order valence-electron chi connectivity index (χ0n) is 13.6. The first-order valence-corrected chi connectivity index (χ1v) is 8.73. The van der Waals surface area contributed by atoms with Gasteiger partial charge in [0.05, 0.1) is 11.4 Å². The van der Waals surface area contributed by atoms with E-state index < -0.39 is 0 Å². The van der Waals surface area contributed by atoms with Gasteiger partial charge in [-0.2, -0.15) is 0 Å². The molecule has 1 aliphatic heterocycles. The number of piperazine rings is 1. The Balaban J connectivity index is 1.46. The van der Waals surface area contributed by atoms with Crippen LogP contribution in [0.3, 0.4) is 0 Å². The van der Waals surface area contributed by atoms with Crippen LogP contribution in [-0.2, 0) is 4.79 Å². The van der Waals surface area contributed by atoms with Crippen LogP contribution in [-0.4, -0.2) is 54.4 Å². The number of aryl methyl sites for hydroxylation is 1. The minimum atomic E-state index is -0.187. The molecule has 1 saturated heterocycles. The van der Waals surface area contributed by atoms with Gasteiger partial charge in [0.2, 0.25) is 5.91 Å². The summed E-state index contributed by atoms with van der Waals surface area (Å²) in [5.74, 6) is 0.705. The molecule has 0 radical (unpaired) electrons. The molecular formula is C17H20N4O2S. The Morgan fingerprint density at radius 3 is 2.58 bits per heavy atom. The summed E-state index contributed by atoms with van der Waals surface area (Å²) in [7, 11) is 0. The monoisotopic (exact) mass is 344 g/mol. The Hall–Kier alpha value is -2.41. The molecule has 1 aliphatic rings. The number of nitrogens with one attached hydrogen (secondary N) is 1. The lowest BCUT2D eigenvalue weighted by molar-refractivity contribution is -0.130. The van der Waals surface area contributed by atoms with Gasteiger partial charge in [0.15, 0.2) is 0 Å². The summed E-state index contributed by atoms with van der Waals surface area (Å²) < 4.78 is 0. The average molecular weight is 344 g/mol. The van der Waals surface area contributed by atoms with Gasteiger partial charge >= 0.3 is 0 Å². The van der Waals surface area contributed by atoms with Gasteiger partial charge in [0.1, 0.15) is 5.82 Å². The smallest absolute Gasteiger partial charge is 0.261 e. The van der Waals surface area contributed by atoms with Crippen molar-refractivity contribution in [2.45, 2.75) is 6.92 Å². The number of aromatic nitrogens is 1. The van der Waals surface area contributed by atoms with Crippen molar-refractivity contribution < 1.29 is 9.59 Å². The molecule has 0 spiro atoms. The molecule has 7 heteroatoms. The molecule has 0 aliphatic carbocycles. The minimum absolute atomic E-state index is 0.0410. The van der Waals surface area contributed by atoms with Crippen LogP contribution in [0.4, 0.5) is 5.82 Å². The van der Waals surface area contributed by atoms with E-state index in [1.165, 1.54) is 11.3 Å². The molecule has 24 heavy (non-hydrogen) atoms. The lowest BCUT2D eigenvalue weighted by atomic mass is 10.3. The molecule has 0 saturated carbocycles. The Morgan fingerprint density at radius 1 is 1.17 bits per heavy atom. The van der Waals surface area contributed by atoms with Crippen molar-refractivity contribution in [2.75, 3.05) is 37.6 Å². The zero-order chi connectivity index (χ0) is 16.9. The van der Waals surface area contributed by atoms with Crippen molar-refractivity contribution in [3.05, 3.63) is 46.3 Å². The van der Waals surface area contributed by atoms with Gasteiger partial charge < -0.3 is 15.1 Å². The molecular weight excluding hydrogens is 324 g/mol. The van der Waals surface area contributed by atoms with E-state index in [1.807, 2.05) is 31.2 Å². The zero-order valence-corrected chi connectivity index (χ0v) is 14.4. The number of carbonyl (C=O) groups excluding carboxylic acids is 2. The second-order valence-corrected chi connectivity index (χ2v) is 6.94. The van der Waals surface area contributed by atoms with Crippen molar-refractivity contribution in [3.8, 4) is 0 Å². The highest BCUT2D eigenvalue weighted by Crippen LogP contribution is 2.15. The van der Waals surface area contributed by atoms with Crippen molar-refractivity contribution in [2.24, 2.45) is 0 Å². The maximum absolute atomic E-state index is 12.3. The summed E-state index contributed by atoms with van der Waals surface area (Å²) in [4.78, 5) is 34.3. The summed E-state index contributed by atoms with van der Waals surface area (Å²) >= 11 is 1.43. The molecule has 2 aromatic heterocycles. The third-order valence-corrected chi connectivity index (χ3v) is 4.97. The van der Waals surface area contributed by atoms with Crippen molar-refractivity contribution in [3.63, 3.8) is 0 Å². The van der Waals surface area contributed by atoms with Crippen LogP contribution in [0.1, 0.15) is 14.5 Å². The van der Waals surface area contributed by atoms with E-state index in [4.69, 9.17) is 0 Å². The van der Waals surface area contributed by atoms with Gasteiger partial charge in [-0.1, -0.05) is 6.07 Å². The van der Waals surface area contributed by atoms with Crippen LogP contribution in [0.15, 0.2) is 36.5 Å². The van der Waals surface area contributed by atoms with Crippen LogP contribution in [0.5, 0.6) is 0 Å². The van der Waals surface area contributed by atoms with Crippen LogP contribution in [0.2, 0.25) is 0 Å². The fourth-order valence-electron chi connectivity index (χ4n) is 2.64. The number of nitrogens with zero attached hydrogens (tertiary/aromatic N) is 3.